The van der Waals surface area contributed by atoms with Gasteiger partial charge < -0.3 is 5.32 Å². The van der Waals surface area contributed by atoms with Crippen molar-refractivity contribution in [1.82, 2.24) is 5.32 Å². The first kappa shape index (κ1) is 16.8. The average Bonchev–Trinajstić information content (AvgIpc) is 2.54. The van der Waals surface area contributed by atoms with E-state index in [1.165, 1.54) is 43.4 Å². The van der Waals surface area contributed by atoms with Crippen molar-refractivity contribution in [2.45, 2.75) is 49.8 Å². The summed E-state index contributed by atoms with van der Waals surface area (Å²) in [5.41, 5.74) is 0.438. The molecule has 4 aliphatic rings. The SMILES string of the molecule is O=C(CCSc1ccc(Cl)cc1)NCC12CC3CC(CC(C3)C1)C2. The van der Waals surface area contributed by atoms with Crippen LogP contribution in [0.15, 0.2) is 29.2 Å². The van der Waals surface area contributed by atoms with Gasteiger partial charge in [0.15, 0.2) is 0 Å². The molecule has 0 atom stereocenters. The molecule has 4 heteroatoms. The Bertz CT molecular complexity index is 565. The quantitative estimate of drug-likeness (QED) is 0.707. The number of nitrogens with one attached hydrogen (secondary N) is 1. The zero-order valence-corrected chi connectivity index (χ0v) is 15.7. The summed E-state index contributed by atoms with van der Waals surface area (Å²) in [6.45, 7) is 0.918. The Kier molecular flexibility index (Phi) is 4.83. The molecule has 4 fully saturated rings. The second-order valence-corrected chi connectivity index (χ2v) is 9.85. The maximum absolute atomic E-state index is 12.2. The van der Waals surface area contributed by atoms with E-state index < -0.39 is 0 Å². The minimum Gasteiger partial charge on any atom is -0.356 e. The molecular formula is C20H26ClNOS. The van der Waals surface area contributed by atoms with Gasteiger partial charge in [0.2, 0.25) is 5.91 Å². The molecule has 0 saturated heterocycles. The number of carbonyl (C=O) groups is 1. The maximum Gasteiger partial charge on any atom is 0.220 e. The number of benzene rings is 1. The predicted octanol–water partition coefficient (Wildman–Crippen LogP) is 5.15. The zero-order chi connectivity index (χ0) is 16.6. The fraction of sp³-hybridized carbons (Fsp3) is 0.650. The third-order valence-corrected chi connectivity index (χ3v) is 7.50. The molecule has 1 aromatic rings. The molecule has 0 unspecified atom stereocenters. The standard InChI is InChI=1S/C20H26ClNOS/c21-17-1-3-18(4-2-17)24-6-5-19(23)22-13-20-10-14-7-15(11-20)9-16(8-14)12-20/h1-4,14-16H,5-13H2,(H,22,23). The lowest BCUT2D eigenvalue weighted by Gasteiger charge is -2.56. The highest BCUT2D eigenvalue weighted by Crippen LogP contribution is 2.59. The molecule has 130 valence electrons. The summed E-state index contributed by atoms with van der Waals surface area (Å²) in [6, 6.07) is 7.83. The number of carbonyl (C=O) groups excluding carboxylic acids is 1. The van der Waals surface area contributed by atoms with Crippen LogP contribution >= 0.6 is 23.4 Å². The van der Waals surface area contributed by atoms with Crippen molar-refractivity contribution < 1.29 is 4.79 Å². The second kappa shape index (κ2) is 6.92. The van der Waals surface area contributed by atoms with E-state index in [0.29, 0.717) is 11.8 Å². The number of hydrogen-bond donors (Lipinski definition) is 1. The van der Waals surface area contributed by atoms with Crippen LogP contribution in [0.25, 0.3) is 0 Å². The number of halogens is 1. The zero-order valence-electron chi connectivity index (χ0n) is 14.1. The van der Waals surface area contributed by atoms with Crippen LogP contribution in [-0.2, 0) is 4.79 Å². The van der Waals surface area contributed by atoms with Crippen molar-refractivity contribution in [3.63, 3.8) is 0 Å². The van der Waals surface area contributed by atoms with Crippen molar-refractivity contribution >= 4 is 29.3 Å². The van der Waals surface area contributed by atoms with E-state index in [0.717, 1.165) is 35.1 Å². The molecule has 0 aliphatic heterocycles. The Balaban J connectivity index is 1.22. The molecule has 0 radical (unpaired) electrons. The Morgan fingerprint density at radius 1 is 1.08 bits per heavy atom. The fourth-order valence-electron chi connectivity index (χ4n) is 5.67. The van der Waals surface area contributed by atoms with Crippen LogP contribution in [-0.4, -0.2) is 18.2 Å². The molecule has 4 aliphatic carbocycles. The molecule has 0 heterocycles. The number of hydrogen-bond acceptors (Lipinski definition) is 2. The van der Waals surface area contributed by atoms with E-state index in [2.05, 4.69) is 5.32 Å². The van der Waals surface area contributed by atoms with Gasteiger partial charge in [0.05, 0.1) is 0 Å². The van der Waals surface area contributed by atoms with Crippen LogP contribution in [0.2, 0.25) is 5.02 Å². The van der Waals surface area contributed by atoms with Gasteiger partial charge in [-0.3, -0.25) is 4.79 Å². The predicted molar refractivity (Wildman–Crippen MR) is 100 cm³/mol. The van der Waals surface area contributed by atoms with Gasteiger partial charge in [-0.1, -0.05) is 11.6 Å². The average molecular weight is 364 g/mol. The summed E-state index contributed by atoms with van der Waals surface area (Å²) in [5.74, 6) is 3.90. The summed E-state index contributed by atoms with van der Waals surface area (Å²) < 4.78 is 0. The van der Waals surface area contributed by atoms with E-state index in [9.17, 15) is 4.79 Å². The van der Waals surface area contributed by atoms with Gasteiger partial charge >= 0.3 is 0 Å². The highest BCUT2D eigenvalue weighted by atomic mass is 35.5. The van der Waals surface area contributed by atoms with Crippen molar-refractivity contribution in [2.24, 2.45) is 23.2 Å². The molecular weight excluding hydrogens is 338 g/mol. The molecule has 1 amide bonds. The lowest BCUT2D eigenvalue weighted by atomic mass is 9.49. The second-order valence-electron chi connectivity index (χ2n) is 8.25. The smallest absolute Gasteiger partial charge is 0.220 e. The van der Waals surface area contributed by atoms with Crippen LogP contribution in [0, 0.1) is 23.2 Å². The fourth-order valence-corrected chi connectivity index (χ4v) is 6.65. The van der Waals surface area contributed by atoms with Crippen LogP contribution in [0.4, 0.5) is 0 Å². The van der Waals surface area contributed by atoms with Crippen molar-refractivity contribution in [3.05, 3.63) is 29.3 Å². The van der Waals surface area contributed by atoms with Gasteiger partial charge in [-0.15, -0.1) is 11.8 Å². The van der Waals surface area contributed by atoms with Crippen LogP contribution in [0.1, 0.15) is 44.9 Å². The third-order valence-electron chi connectivity index (χ3n) is 6.24. The lowest BCUT2D eigenvalue weighted by molar-refractivity contribution is -0.122. The maximum atomic E-state index is 12.2. The minimum atomic E-state index is 0.215. The van der Waals surface area contributed by atoms with E-state index in [1.807, 2.05) is 24.3 Å². The van der Waals surface area contributed by atoms with Gasteiger partial charge in [0, 0.05) is 28.6 Å². The highest BCUT2D eigenvalue weighted by molar-refractivity contribution is 7.99. The molecule has 1 aromatic carbocycles. The summed E-state index contributed by atoms with van der Waals surface area (Å²) in [5, 5.41) is 4.02. The third kappa shape index (κ3) is 3.77. The Morgan fingerprint density at radius 3 is 2.25 bits per heavy atom. The number of amides is 1. The van der Waals surface area contributed by atoms with Crippen molar-refractivity contribution in [3.8, 4) is 0 Å². The molecule has 0 aromatic heterocycles. The topological polar surface area (TPSA) is 29.1 Å². The molecule has 4 saturated carbocycles. The van der Waals surface area contributed by atoms with Crippen molar-refractivity contribution in [2.75, 3.05) is 12.3 Å². The summed E-state index contributed by atoms with van der Waals surface area (Å²) in [7, 11) is 0. The van der Waals surface area contributed by atoms with Gasteiger partial charge in [-0.05, 0) is 86.0 Å². The molecule has 0 spiro atoms. The summed E-state index contributed by atoms with van der Waals surface area (Å²) >= 11 is 7.62. The number of thioether (sulfide) groups is 1. The van der Waals surface area contributed by atoms with E-state index in [4.69, 9.17) is 11.6 Å². The molecule has 2 nitrogen and oxygen atoms in total. The Morgan fingerprint density at radius 2 is 1.67 bits per heavy atom. The monoisotopic (exact) mass is 363 g/mol. The molecule has 5 rings (SSSR count). The Hall–Kier alpha value is -0.670. The van der Waals surface area contributed by atoms with Gasteiger partial charge in [-0.2, -0.15) is 0 Å². The summed E-state index contributed by atoms with van der Waals surface area (Å²) in [4.78, 5) is 13.4. The first-order valence-electron chi connectivity index (χ1n) is 9.25. The first-order chi connectivity index (χ1) is 11.6. The molecule has 1 N–H and O–H groups in total. The highest BCUT2D eigenvalue weighted by Gasteiger charge is 2.50. The molecule has 24 heavy (non-hydrogen) atoms. The Labute approximate surface area is 154 Å². The van der Waals surface area contributed by atoms with E-state index in [1.54, 1.807) is 11.8 Å². The lowest BCUT2D eigenvalue weighted by Crippen LogP contribution is -2.51. The van der Waals surface area contributed by atoms with E-state index in [-0.39, 0.29) is 5.91 Å². The van der Waals surface area contributed by atoms with E-state index >= 15 is 0 Å². The number of rotatable bonds is 6. The van der Waals surface area contributed by atoms with Gasteiger partial charge in [0.25, 0.3) is 0 Å². The first-order valence-corrected chi connectivity index (χ1v) is 10.6. The minimum absolute atomic E-state index is 0.215. The van der Waals surface area contributed by atoms with Crippen LogP contribution in [0.5, 0.6) is 0 Å². The largest absolute Gasteiger partial charge is 0.356 e. The molecule has 4 bridgehead atoms. The normalized spacial score (nSPS) is 33.6. The van der Waals surface area contributed by atoms with Gasteiger partial charge in [-0.25, -0.2) is 0 Å². The van der Waals surface area contributed by atoms with Crippen LogP contribution < -0.4 is 5.32 Å². The van der Waals surface area contributed by atoms with Crippen molar-refractivity contribution in [1.29, 1.82) is 0 Å². The van der Waals surface area contributed by atoms with Crippen LogP contribution in [0.3, 0.4) is 0 Å². The summed E-state index contributed by atoms with van der Waals surface area (Å²) in [6.07, 6.45) is 9.07. The van der Waals surface area contributed by atoms with Gasteiger partial charge in [0.1, 0.15) is 0 Å².